The third-order valence-electron chi connectivity index (χ3n) is 2.59. The number of rotatable bonds is 2. The van der Waals surface area contributed by atoms with Crippen LogP contribution < -0.4 is 5.32 Å². The SMILES string of the molecule is COC(=O)C1CNCC(N(C)C)C1. The fourth-order valence-corrected chi connectivity index (χ4v) is 1.66. The predicted molar refractivity (Wildman–Crippen MR) is 50.5 cm³/mol. The van der Waals surface area contributed by atoms with Crippen LogP contribution in [0.3, 0.4) is 0 Å². The molecule has 4 nitrogen and oxygen atoms in total. The van der Waals surface area contributed by atoms with Gasteiger partial charge in [-0.15, -0.1) is 0 Å². The minimum Gasteiger partial charge on any atom is -0.469 e. The Hall–Kier alpha value is -0.610. The highest BCUT2D eigenvalue weighted by molar-refractivity contribution is 5.72. The molecule has 1 N–H and O–H groups in total. The molecule has 0 bridgehead atoms. The Kier molecular flexibility index (Phi) is 3.69. The monoisotopic (exact) mass is 186 g/mol. The Morgan fingerprint density at radius 3 is 2.69 bits per heavy atom. The van der Waals surface area contributed by atoms with Crippen molar-refractivity contribution in [3.8, 4) is 0 Å². The van der Waals surface area contributed by atoms with Crippen LogP contribution in [0.4, 0.5) is 0 Å². The predicted octanol–water partition coefficient (Wildman–Crippen LogP) is -0.301. The van der Waals surface area contributed by atoms with Crippen molar-refractivity contribution in [2.45, 2.75) is 12.5 Å². The maximum atomic E-state index is 11.3. The van der Waals surface area contributed by atoms with Crippen molar-refractivity contribution in [3.63, 3.8) is 0 Å². The third-order valence-corrected chi connectivity index (χ3v) is 2.59. The Balaban J connectivity index is 2.46. The summed E-state index contributed by atoms with van der Waals surface area (Å²) in [5, 5.41) is 3.24. The lowest BCUT2D eigenvalue weighted by Gasteiger charge is -2.32. The van der Waals surface area contributed by atoms with Crippen LogP contribution in [-0.4, -0.2) is 51.2 Å². The van der Waals surface area contributed by atoms with Gasteiger partial charge in [0.25, 0.3) is 0 Å². The van der Waals surface area contributed by atoms with Crippen LogP contribution >= 0.6 is 0 Å². The maximum Gasteiger partial charge on any atom is 0.310 e. The molecule has 0 aromatic rings. The Morgan fingerprint density at radius 2 is 2.15 bits per heavy atom. The Morgan fingerprint density at radius 1 is 1.46 bits per heavy atom. The van der Waals surface area contributed by atoms with E-state index in [0.717, 1.165) is 19.5 Å². The lowest BCUT2D eigenvalue weighted by molar-refractivity contribution is -0.146. The molecule has 2 atom stereocenters. The molecule has 0 aromatic carbocycles. The quantitative estimate of drug-likeness (QED) is 0.601. The topological polar surface area (TPSA) is 41.6 Å². The summed E-state index contributed by atoms with van der Waals surface area (Å²) in [6.07, 6.45) is 0.896. The van der Waals surface area contributed by atoms with E-state index in [-0.39, 0.29) is 11.9 Å². The first-order valence-electron chi connectivity index (χ1n) is 4.60. The Bertz CT molecular complexity index is 182. The fourth-order valence-electron chi connectivity index (χ4n) is 1.66. The number of carbonyl (C=O) groups excluding carboxylic acids is 1. The second kappa shape index (κ2) is 4.58. The first-order chi connectivity index (χ1) is 6.15. The van der Waals surface area contributed by atoms with E-state index in [0.29, 0.717) is 6.04 Å². The number of hydrogen-bond acceptors (Lipinski definition) is 4. The number of hydrogen-bond donors (Lipinski definition) is 1. The highest BCUT2D eigenvalue weighted by Crippen LogP contribution is 2.14. The zero-order valence-electron chi connectivity index (χ0n) is 8.54. The summed E-state index contributed by atoms with van der Waals surface area (Å²) < 4.78 is 4.72. The molecule has 0 saturated carbocycles. The number of carbonyl (C=O) groups is 1. The van der Waals surface area contributed by atoms with Crippen LogP contribution in [0.2, 0.25) is 0 Å². The van der Waals surface area contributed by atoms with E-state index in [9.17, 15) is 4.79 Å². The molecular weight excluding hydrogens is 168 g/mol. The average Bonchev–Trinajstić information content (AvgIpc) is 2.17. The number of ether oxygens (including phenoxy) is 1. The van der Waals surface area contributed by atoms with Crippen molar-refractivity contribution in [3.05, 3.63) is 0 Å². The van der Waals surface area contributed by atoms with E-state index in [1.54, 1.807) is 0 Å². The van der Waals surface area contributed by atoms with Gasteiger partial charge in [-0.2, -0.15) is 0 Å². The highest BCUT2D eigenvalue weighted by atomic mass is 16.5. The van der Waals surface area contributed by atoms with Gasteiger partial charge in [0, 0.05) is 19.1 Å². The van der Waals surface area contributed by atoms with Gasteiger partial charge in [-0.25, -0.2) is 0 Å². The van der Waals surface area contributed by atoms with E-state index in [2.05, 4.69) is 10.2 Å². The van der Waals surface area contributed by atoms with Crippen molar-refractivity contribution in [1.29, 1.82) is 0 Å². The second-order valence-corrected chi connectivity index (χ2v) is 3.73. The highest BCUT2D eigenvalue weighted by Gasteiger charge is 2.28. The summed E-state index contributed by atoms with van der Waals surface area (Å²) in [7, 11) is 5.51. The molecule has 1 saturated heterocycles. The van der Waals surface area contributed by atoms with Crippen LogP contribution in [0.1, 0.15) is 6.42 Å². The lowest BCUT2D eigenvalue weighted by Crippen LogP contribution is -2.48. The van der Waals surface area contributed by atoms with Crippen molar-refractivity contribution in [2.75, 3.05) is 34.3 Å². The largest absolute Gasteiger partial charge is 0.469 e. The summed E-state index contributed by atoms with van der Waals surface area (Å²) in [4.78, 5) is 13.4. The molecule has 0 aliphatic carbocycles. The van der Waals surface area contributed by atoms with Gasteiger partial charge in [0.05, 0.1) is 13.0 Å². The Labute approximate surface area is 79.2 Å². The van der Waals surface area contributed by atoms with Gasteiger partial charge in [0.15, 0.2) is 0 Å². The number of piperidine rings is 1. The van der Waals surface area contributed by atoms with Crippen LogP contribution in [0, 0.1) is 5.92 Å². The zero-order chi connectivity index (χ0) is 9.84. The maximum absolute atomic E-state index is 11.3. The van der Waals surface area contributed by atoms with Crippen molar-refractivity contribution in [2.24, 2.45) is 5.92 Å². The molecule has 1 aliphatic heterocycles. The fraction of sp³-hybridized carbons (Fsp3) is 0.889. The van der Waals surface area contributed by atoms with Crippen LogP contribution in [-0.2, 0) is 9.53 Å². The molecule has 2 unspecified atom stereocenters. The van der Waals surface area contributed by atoms with Gasteiger partial charge < -0.3 is 15.0 Å². The zero-order valence-corrected chi connectivity index (χ0v) is 8.54. The molecular formula is C9H18N2O2. The van der Waals surface area contributed by atoms with Gasteiger partial charge in [-0.1, -0.05) is 0 Å². The molecule has 1 aliphatic rings. The molecule has 1 fully saturated rings. The minimum atomic E-state index is -0.0981. The molecule has 1 rings (SSSR count). The smallest absolute Gasteiger partial charge is 0.310 e. The van der Waals surface area contributed by atoms with E-state index in [4.69, 9.17) is 4.74 Å². The summed E-state index contributed by atoms with van der Waals surface area (Å²) in [6, 6.07) is 0.442. The van der Waals surface area contributed by atoms with E-state index < -0.39 is 0 Å². The third kappa shape index (κ3) is 2.67. The second-order valence-electron chi connectivity index (χ2n) is 3.73. The van der Waals surface area contributed by atoms with Gasteiger partial charge >= 0.3 is 5.97 Å². The standard InChI is InChI=1S/C9H18N2O2/c1-11(2)8-4-7(5-10-6-8)9(12)13-3/h7-8,10H,4-6H2,1-3H3. The average molecular weight is 186 g/mol. The van der Waals surface area contributed by atoms with Gasteiger partial charge in [0.1, 0.15) is 0 Å². The first-order valence-corrected chi connectivity index (χ1v) is 4.60. The molecule has 1 heterocycles. The van der Waals surface area contributed by atoms with E-state index in [1.807, 2.05) is 14.1 Å². The summed E-state index contributed by atoms with van der Waals surface area (Å²) >= 11 is 0. The molecule has 0 spiro atoms. The number of likely N-dealkylation sites (N-methyl/N-ethyl adjacent to an activating group) is 1. The van der Waals surface area contributed by atoms with Crippen LogP contribution in [0.5, 0.6) is 0 Å². The number of nitrogens with zero attached hydrogens (tertiary/aromatic N) is 1. The lowest BCUT2D eigenvalue weighted by atomic mass is 9.95. The molecule has 4 heteroatoms. The molecule has 0 amide bonds. The van der Waals surface area contributed by atoms with Gasteiger partial charge in [-0.05, 0) is 20.5 Å². The molecule has 0 radical (unpaired) electrons. The number of nitrogens with one attached hydrogen (secondary N) is 1. The minimum absolute atomic E-state index is 0.0196. The first kappa shape index (κ1) is 10.5. The van der Waals surface area contributed by atoms with E-state index >= 15 is 0 Å². The van der Waals surface area contributed by atoms with Crippen molar-refractivity contribution in [1.82, 2.24) is 10.2 Å². The van der Waals surface area contributed by atoms with Crippen molar-refractivity contribution >= 4 is 5.97 Å². The number of methoxy groups -OCH3 is 1. The molecule has 13 heavy (non-hydrogen) atoms. The molecule has 76 valence electrons. The molecule has 0 aromatic heterocycles. The van der Waals surface area contributed by atoms with E-state index in [1.165, 1.54) is 7.11 Å². The number of esters is 1. The van der Waals surface area contributed by atoms with Crippen LogP contribution in [0.25, 0.3) is 0 Å². The van der Waals surface area contributed by atoms with Crippen molar-refractivity contribution < 1.29 is 9.53 Å². The van der Waals surface area contributed by atoms with Gasteiger partial charge in [-0.3, -0.25) is 4.79 Å². The summed E-state index contributed by atoms with van der Waals surface area (Å²) in [5.74, 6) is -0.0785. The summed E-state index contributed by atoms with van der Waals surface area (Å²) in [5.41, 5.74) is 0. The van der Waals surface area contributed by atoms with Gasteiger partial charge in [0.2, 0.25) is 0 Å². The van der Waals surface area contributed by atoms with Crippen LogP contribution in [0.15, 0.2) is 0 Å². The normalized spacial score (nSPS) is 28.9. The summed E-state index contributed by atoms with van der Waals surface area (Å²) in [6.45, 7) is 1.71.